The average molecular weight is 1090 g/mol. The number of rotatable bonds is 17. The van der Waals surface area contributed by atoms with Gasteiger partial charge in [-0.05, 0) is 106 Å². The number of hydrogen-bond donors (Lipinski definition) is 5. The van der Waals surface area contributed by atoms with Crippen molar-refractivity contribution in [3.63, 3.8) is 0 Å². The number of nitrogens with one attached hydrogen (secondary N) is 1. The van der Waals surface area contributed by atoms with Gasteiger partial charge >= 0.3 is 17.9 Å². The van der Waals surface area contributed by atoms with E-state index in [-0.39, 0.29) is 55.9 Å². The predicted molar refractivity (Wildman–Crippen MR) is 281 cm³/mol. The topological polar surface area (TPSA) is 270 Å². The van der Waals surface area contributed by atoms with E-state index in [4.69, 9.17) is 42.6 Å². The Bertz CT molecular complexity index is 2450. The fraction of sp³-hybridized carbons (Fsp3) is 0.768. The first-order valence-corrected chi connectivity index (χ1v) is 27.2. The number of aliphatic hydroxyl groups excluding tert-OH is 2. The molecule has 6 rings (SSSR count). The van der Waals surface area contributed by atoms with E-state index < -0.39 is 119 Å². The zero-order chi connectivity index (χ0) is 57.1. The number of carboxylic acids is 1. The summed E-state index contributed by atoms with van der Waals surface area (Å²) in [5.41, 5.74) is -3.02. The maximum atomic E-state index is 14.6. The van der Waals surface area contributed by atoms with Gasteiger partial charge in [0.25, 0.3) is 0 Å². The first kappa shape index (κ1) is 62.2. The smallest absolute Gasteiger partial charge is 0.341 e. The summed E-state index contributed by atoms with van der Waals surface area (Å²) in [6, 6.07) is 3.38. The van der Waals surface area contributed by atoms with Crippen LogP contribution in [0.25, 0.3) is 10.9 Å². The van der Waals surface area contributed by atoms with Crippen LogP contribution in [0.4, 0.5) is 0 Å². The van der Waals surface area contributed by atoms with Crippen LogP contribution in [0, 0.1) is 23.7 Å². The van der Waals surface area contributed by atoms with Crippen molar-refractivity contribution in [1.29, 1.82) is 0 Å². The van der Waals surface area contributed by atoms with Crippen molar-refractivity contribution in [2.75, 3.05) is 41.4 Å². The molecular formula is C56H87N3O18. The number of benzene rings is 1. The van der Waals surface area contributed by atoms with Crippen LogP contribution in [0.15, 0.2) is 23.1 Å². The number of ketones is 1. The third kappa shape index (κ3) is 13.6. The first-order valence-electron chi connectivity index (χ1n) is 27.2. The number of cyclic esters (lactones) is 1. The minimum absolute atomic E-state index is 0.0239. The van der Waals surface area contributed by atoms with Crippen molar-refractivity contribution in [1.82, 2.24) is 14.8 Å². The lowest BCUT2D eigenvalue weighted by atomic mass is 9.74. The maximum absolute atomic E-state index is 14.6. The van der Waals surface area contributed by atoms with Crippen molar-refractivity contribution in [3.05, 3.63) is 45.2 Å². The molecule has 5 heterocycles. The van der Waals surface area contributed by atoms with Gasteiger partial charge in [0, 0.05) is 68.1 Å². The van der Waals surface area contributed by atoms with Crippen LogP contribution in [0.5, 0.6) is 0 Å². The van der Waals surface area contributed by atoms with E-state index in [0.29, 0.717) is 49.9 Å². The molecule has 21 nitrogen and oxygen atoms in total. The maximum Gasteiger partial charge on any atom is 0.341 e. The molecule has 21 heteroatoms. The van der Waals surface area contributed by atoms with Crippen LogP contribution in [0.3, 0.4) is 0 Å². The van der Waals surface area contributed by atoms with E-state index in [1.807, 2.05) is 38.9 Å². The summed E-state index contributed by atoms with van der Waals surface area (Å²) in [5, 5.41) is 48.5. The molecule has 4 aliphatic rings. The number of nitrogens with zero attached hydrogens (tertiary/aromatic N) is 2. The van der Waals surface area contributed by atoms with Gasteiger partial charge in [0.1, 0.15) is 41.5 Å². The molecule has 4 aliphatic heterocycles. The summed E-state index contributed by atoms with van der Waals surface area (Å²) in [6.45, 7) is 18.3. The monoisotopic (exact) mass is 1090 g/mol. The molecule has 0 amide bonds. The van der Waals surface area contributed by atoms with Gasteiger partial charge in [0.2, 0.25) is 5.43 Å². The average Bonchev–Trinajstić information content (AvgIpc) is 3.38. The molecule has 3 saturated heterocycles. The number of carbonyl (C=O) groups is 4. The lowest BCUT2D eigenvalue weighted by molar-refractivity contribution is -0.320. The van der Waals surface area contributed by atoms with E-state index in [1.54, 1.807) is 52.2 Å². The third-order valence-corrected chi connectivity index (χ3v) is 16.8. The van der Waals surface area contributed by atoms with Crippen LogP contribution in [0.1, 0.15) is 129 Å². The third-order valence-electron chi connectivity index (χ3n) is 16.8. The van der Waals surface area contributed by atoms with E-state index in [1.165, 1.54) is 34.3 Å². The molecule has 3 fully saturated rings. The zero-order valence-electron chi connectivity index (χ0n) is 47.6. The van der Waals surface area contributed by atoms with Gasteiger partial charge in [-0.1, -0.05) is 33.8 Å². The number of methoxy groups -OCH3 is 2. The van der Waals surface area contributed by atoms with Gasteiger partial charge in [-0.2, -0.15) is 0 Å². The molecule has 0 saturated carbocycles. The van der Waals surface area contributed by atoms with Gasteiger partial charge in [0.15, 0.2) is 18.7 Å². The minimum Gasteiger partial charge on any atom is -0.477 e. The Hall–Kier alpha value is -3.97. The van der Waals surface area contributed by atoms with Gasteiger partial charge in [0.05, 0.1) is 60.6 Å². The lowest BCUT2D eigenvalue weighted by Gasteiger charge is -2.50. The second-order valence-corrected chi connectivity index (χ2v) is 23.0. The number of aromatic carboxylic acids is 1. The summed E-state index contributed by atoms with van der Waals surface area (Å²) < 4.78 is 58.6. The minimum atomic E-state index is -2.03. The van der Waals surface area contributed by atoms with Gasteiger partial charge < -0.3 is 77.8 Å². The highest BCUT2D eigenvalue weighted by Gasteiger charge is 2.55. The highest BCUT2D eigenvalue weighted by Crippen LogP contribution is 2.42. The number of Topliss-reactive ketones (excluding diaryl/α,β-unsaturated/α-hetero) is 1. The molecule has 1 aromatic heterocycles. The number of carboxylic acid groups (broad SMARTS) is 1. The van der Waals surface area contributed by atoms with Crippen molar-refractivity contribution < 1.29 is 82.2 Å². The number of pyridine rings is 1. The van der Waals surface area contributed by atoms with E-state index in [2.05, 4.69) is 5.32 Å². The SMILES string of the molecule is CC[C@H]1OC(=O)[C@H](C)[C@@H](O[C@H]2C[C@@](C)(OC)[C@@H](OC(=O)CCNCCCc3cc4c5c(c3)c(=O)c(C(=O)O)cn5COC4)[C@H](C)O2)[C@H](C)[C@@H](O[C@@H]2O[C@H](C)C[C@H](N(C)C)[C@H]2O)[C@](C)(OC)C[C@@H](C)C(=O)[C@H](C)[C@@H](O)[C@]1(C)O. The summed E-state index contributed by atoms with van der Waals surface area (Å²) in [5.74, 6) is -6.65. The number of aliphatic hydroxyl groups is 3. The molecule has 2 aromatic rings. The second kappa shape index (κ2) is 25.6. The van der Waals surface area contributed by atoms with Crippen LogP contribution in [0.2, 0.25) is 0 Å². The van der Waals surface area contributed by atoms with E-state index in [9.17, 15) is 44.4 Å². The molecule has 5 N–H and O–H groups in total. The number of aromatic nitrogens is 1. The van der Waals surface area contributed by atoms with E-state index >= 15 is 0 Å². The number of carbonyl (C=O) groups excluding carboxylic acids is 3. The number of esters is 2. The Balaban J connectivity index is 1.19. The Morgan fingerprint density at radius 1 is 0.909 bits per heavy atom. The van der Waals surface area contributed by atoms with Gasteiger partial charge in [-0.25, -0.2) is 4.79 Å². The molecule has 0 unspecified atom stereocenters. The molecular weight excluding hydrogens is 1000 g/mol. The summed E-state index contributed by atoms with van der Waals surface area (Å²) in [7, 11) is 6.72. The summed E-state index contributed by atoms with van der Waals surface area (Å²) in [6.07, 6.45) is -7.05. The predicted octanol–water partition coefficient (Wildman–Crippen LogP) is 4.10. The molecule has 1 aromatic carbocycles. The highest BCUT2D eigenvalue weighted by atomic mass is 16.7. The number of hydrogen-bond acceptors (Lipinski definition) is 19. The van der Waals surface area contributed by atoms with Crippen molar-refractivity contribution in [2.24, 2.45) is 23.7 Å². The van der Waals surface area contributed by atoms with Crippen LogP contribution >= 0.6 is 0 Å². The molecule has 0 spiro atoms. The fourth-order valence-corrected chi connectivity index (χ4v) is 12.2. The molecule has 434 valence electrons. The largest absolute Gasteiger partial charge is 0.477 e. The van der Waals surface area contributed by atoms with Crippen LogP contribution in [-0.2, 0) is 76.8 Å². The molecule has 0 aliphatic carbocycles. The standard InChI is InChI=1S/C56H87N3O18/c1-15-40-56(10,68)48(64)31(4)44(61)29(2)24-54(8,69-13)49(77-53-46(63)39(58(11)12)21-30(3)72-53)32(5)47(33(6)52(67)74-40)76-42-25-55(9,70-14)50(34(7)73-42)75-41(60)18-20-57-19-16-17-35-22-36-27-71-28-59-26-38(51(65)66)45(62)37(23-35)43(36)59/h22-23,26,29-34,39-40,42,46-50,53,57,63-64,68H,15-21,24-25,27-28H2,1-14H3,(H,65,66)/t29-,30-,31+,32+,33-,34+,39+,40-,42+,46-,47+,48-,49-,50+,53+,54-,55-,56-/m1/s1. The van der Waals surface area contributed by atoms with Crippen molar-refractivity contribution in [2.45, 2.75) is 212 Å². The number of aryl methyl sites for hydroxylation is 1. The number of likely N-dealkylation sites (N-methyl/N-ethyl adjacent to an activating group) is 1. The van der Waals surface area contributed by atoms with Gasteiger partial charge in [-0.3, -0.25) is 19.2 Å². The summed E-state index contributed by atoms with van der Waals surface area (Å²) in [4.78, 5) is 69.1. The molecule has 18 atom stereocenters. The molecule has 77 heavy (non-hydrogen) atoms. The quantitative estimate of drug-likeness (QED) is 0.110. The first-order chi connectivity index (χ1) is 36.1. The lowest BCUT2D eigenvalue weighted by Crippen LogP contribution is -2.61. The Kier molecular flexibility index (Phi) is 20.7. The molecule has 0 radical (unpaired) electrons. The van der Waals surface area contributed by atoms with Crippen LogP contribution in [-0.4, -0.2) is 179 Å². The highest BCUT2D eigenvalue weighted by molar-refractivity contribution is 5.93. The van der Waals surface area contributed by atoms with E-state index in [0.717, 1.165) is 11.1 Å². The Morgan fingerprint density at radius 3 is 2.22 bits per heavy atom. The van der Waals surface area contributed by atoms with Crippen molar-refractivity contribution >= 4 is 34.6 Å². The Labute approximate surface area is 452 Å². The Morgan fingerprint density at radius 2 is 1.58 bits per heavy atom. The van der Waals surface area contributed by atoms with Crippen molar-refractivity contribution in [3.8, 4) is 0 Å². The summed E-state index contributed by atoms with van der Waals surface area (Å²) >= 11 is 0. The zero-order valence-corrected chi connectivity index (χ0v) is 47.6. The normalized spacial score (nSPS) is 37.6. The number of ether oxygens (including phenoxy) is 9. The fourth-order valence-electron chi connectivity index (χ4n) is 12.2. The second-order valence-electron chi connectivity index (χ2n) is 23.0. The van der Waals surface area contributed by atoms with Gasteiger partial charge in [-0.15, -0.1) is 0 Å². The van der Waals surface area contributed by atoms with Crippen LogP contribution < -0.4 is 10.7 Å². The molecule has 0 bridgehead atoms.